The minimum absolute atomic E-state index is 0.0609. The van der Waals surface area contributed by atoms with Crippen LogP contribution in [0.15, 0.2) is 29.2 Å². The Morgan fingerprint density at radius 1 is 1.10 bits per heavy atom. The van der Waals surface area contributed by atoms with E-state index in [-0.39, 0.29) is 16.7 Å². The van der Waals surface area contributed by atoms with Crippen molar-refractivity contribution in [3.8, 4) is 5.75 Å². The average molecular weight is 438 g/mol. The number of nitrogens with zero attached hydrogens (tertiary/aromatic N) is 2. The summed E-state index contributed by atoms with van der Waals surface area (Å²) >= 11 is 0. The van der Waals surface area contributed by atoms with Crippen molar-refractivity contribution in [2.75, 3.05) is 39.3 Å². The molecule has 2 saturated heterocycles. The molecule has 1 amide bonds. The molecule has 1 aromatic rings. The van der Waals surface area contributed by atoms with Crippen LogP contribution in [0, 0.1) is 5.92 Å². The summed E-state index contributed by atoms with van der Waals surface area (Å²) in [5.74, 6) is 0.602. The van der Waals surface area contributed by atoms with Crippen molar-refractivity contribution in [3.63, 3.8) is 0 Å². The lowest BCUT2D eigenvalue weighted by Gasteiger charge is -2.31. The van der Waals surface area contributed by atoms with E-state index in [0.29, 0.717) is 50.9 Å². The maximum atomic E-state index is 12.9. The predicted molar refractivity (Wildman–Crippen MR) is 117 cm³/mol. The van der Waals surface area contributed by atoms with E-state index in [4.69, 9.17) is 4.74 Å². The molecule has 2 fully saturated rings. The van der Waals surface area contributed by atoms with Gasteiger partial charge < -0.3 is 10.1 Å². The Bertz CT molecular complexity index is 783. The first kappa shape index (κ1) is 23.0. The first-order valence-electron chi connectivity index (χ1n) is 11.2. The van der Waals surface area contributed by atoms with Crippen LogP contribution in [-0.2, 0) is 14.8 Å². The standard InChI is InChI=1S/C22H35N3O4S/c1-3-19(24-13-5-6-14-24)17-23-22(26)18-11-15-25(16-12-18)30(27,28)21-9-7-20(8-10-21)29-4-2/h7-10,18-19H,3-6,11-17H2,1-2H3,(H,23,26). The van der Waals surface area contributed by atoms with Crippen LogP contribution in [0.5, 0.6) is 5.75 Å². The average Bonchev–Trinajstić information content (AvgIpc) is 3.29. The smallest absolute Gasteiger partial charge is 0.243 e. The zero-order valence-electron chi connectivity index (χ0n) is 18.2. The van der Waals surface area contributed by atoms with Gasteiger partial charge in [-0.25, -0.2) is 8.42 Å². The summed E-state index contributed by atoms with van der Waals surface area (Å²) in [6, 6.07) is 6.93. The van der Waals surface area contributed by atoms with E-state index >= 15 is 0 Å². The van der Waals surface area contributed by atoms with E-state index < -0.39 is 10.0 Å². The number of amides is 1. The minimum atomic E-state index is -3.54. The van der Waals surface area contributed by atoms with Gasteiger partial charge in [0.1, 0.15) is 5.75 Å². The Balaban J connectivity index is 1.50. The number of likely N-dealkylation sites (tertiary alicyclic amines) is 1. The number of ether oxygens (including phenoxy) is 1. The number of nitrogens with one attached hydrogen (secondary N) is 1. The summed E-state index contributed by atoms with van der Waals surface area (Å²) < 4.78 is 32.7. The fraction of sp³-hybridized carbons (Fsp3) is 0.682. The Morgan fingerprint density at radius 3 is 2.30 bits per heavy atom. The number of rotatable bonds is 9. The lowest BCUT2D eigenvalue weighted by atomic mass is 9.97. The number of carbonyl (C=O) groups excluding carboxylic acids is 1. The first-order valence-corrected chi connectivity index (χ1v) is 12.6. The Kier molecular flexibility index (Phi) is 8.13. The molecule has 168 valence electrons. The van der Waals surface area contributed by atoms with Gasteiger partial charge in [0.05, 0.1) is 11.5 Å². The van der Waals surface area contributed by atoms with Crippen molar-refractivity contribution in [2.24, 2.45) is 5.92 Å². The first-order chi connectivity index (χ1) is 14.5. The second-order valence-electron chi connectivity index (χ2n) is 8.13. The van der Waals surface area contributed by atoms with Gasteiger partial charge in [0, 0.05) is 31.6 Å². The highest BCUT2D eigenvalue weighted by Gasteiger charge is 2.32. The summed E-state index contributed by atoms with van der Waals surface area (Å²) in [7, 11) is -3.54. The molecule has 8 heteroatoms. The molecule has 30 heavy (non-hydrogen) atoms. The van der Waals surface area contributed by atoms with Crippen molar-refractivity contribution >= 4 is 15.9 Å². The Labute approximate surface area is 180 Å². The van der Waals surface area contributed by atoms with Crippen molar-refractivity contribution in [2.45, 2.75) is 56.9 Å². The molecule has 1 atom stereocenters. The molecule has 0 radical (unpaired) electrons. The fourth-order valence-corrected chi connectivity index (χ4v) is 5.85. The van der Waals surface area contributed by atoms with Crippen LogP contribution >= 0.6 is 0 Å². The van der Waals surface area contributed by atoms with Crippen LogP contribution in [0.4, 0.5) is 0 Å². The SMILES string of the molecule is CCOc1ccc(S(=O)(=O)N2CCC(C(=O)NCC(CC)N3CCCC3)CC2)cc1. The molecule has 0 aromatic heterocycles. The van der Waals surface area contributed by atoms with Crippen LogP contribution in [0.2, 0.25) is 0 Å². The molecule has 1 N–H and O–H groups in total. The highest BCUT2D eigenvalue weighted by molar-refractivity contribution is 7.89. The molecular formula is C22H35N3O4S. The molecular weight excluding hydrogens is 402 g/mol. The summed E-state index contributed by atoms with van der Waals surface area (Å²) in [6.07, 6.45) is 4.63. The lowest BCUT2D eigenvalue weighted by Crippen LogP contribution is -2.46. The lowest BCUT2D eigenvalue weighted by molar-refractivity contribution is -0.126. The van der Waals surface area contributed by atoms with E-state index in [1.54, 1.807) is 24.3 Å². The Hall–Kier alpha value is -1.64. The second-order valence-corrected chi connectivity index (χ2v) is 10.1. The zero-order chi connectivity index (χ0) is 21.6. The fourth-order valence-electron chi connectivity index (χ4n) is 4.38. The van der Waals surface area contributed by atoms with Crippen molar-refractivity contribution in [3.05, 3.63) is 24.3 Å². The number of sulfonamides is 1. The summed E-state index contributed by atoms with van der Waals surface area (Å²) in [4.78, 5) is 15.4. The number of hydrogen-bond donors (Lipinski definition) is 1. The maximum Gasteiger partial charge on any atom is 0.243 e. The van der Waals surface area contributed by atoms with Crippen LogP contribution in [0.1, 0.15) is 46.0 Å². The highest BCUT2D eigenvalue weighted by atomic mass is 32.2. The molecule has 3 rings (SSSR count). The monoisotopic (exact) mass is 437 g/mol. The molecule has 2 aliphatic heterocycles. The van der Waals surface area contributed by atoms with Crippen molar-refractivity contribution < 1.29 is 17.9 Å². The molecule has 0 aliphatic carbocycles. The molecule has 2 heterocycles. The van der Waals surface area contributed by atoms with Crippen LogP contribution in [0.3, 0.4) is 0 Å². The Morgan fingerprint density at radius 2 is 1.73 bits per heavy atom. The molecule has 2 aliphatic rings. The van der Waals surface area contributed by atoms with Crippen LogP contribution in [-0.4, -0.2) is 68.9 Å². The molecule has 1 aromatic carbocycles. The van der Waals surface area contributed by atoms with Gasteiger partial charge in [0.15, 0.2) is 0 Å². The predicted octanol–water partition coefficient (Wildman–Crippen LogP) is 2.48. The van der Waals surface area contributed by atoms with Gasteiger partial charge in [-0.05, 0) is 76.4 Å². The maximum absolute atomic E-state index is 12.9. The van der Waals surface area contributed by atoms with Gasteiger partial charge in [-0.1, -0.05) is 6.92 Å². The third-order valence-corrected chi connectivity index (χ3v) is 8.15. The van der Waals surface area contributed by atoms with E-state index in [1.165, 1.54) is 17.1 Å². The van der Waals surface area contributed by atoms with E-state index in [9.17, 15) is 13.2 Å². The van der Waals surface area contributed by atoms with Gasteiger partial charge >= 0.3 is 0 Å². The number of carbonyl (C=O) groups is 1. The minimum Gasteiger partial charge on any atom is -0.494 e. The van der Waals surface area contributed by atoms with Crippen LogP contribution in [0.25, 0.3) is 0 Å². The molecule has 0 bridgehead atoms. The quantitative estimate of drug-likeness (QED) is 0.642. The molecule has 0 spiro atoms. The van der Waals surface area contributed by atoms with E-state index in [1.807, 2.05) is 6.92 Å². The number of benzene rings is 1. The zero-order valence-corrected chi connectivity index (χ0v) is 19.0. The van der Waals surface area contributed by atoms with E-state index in [2.05, 4.69) is 17.1 Å². The summed E-state index contributed by atoms with van der Waals surface area (Å²) in [5.41, 5.74) is 0. The van der Waals surface area contributed by atoms with Gasteiger partial charge in [-0.2, -0.15) is 4.31 Å². The van der Waals surface area contributed by atoms with E-state index in [0.717, 1.165) is 19.5 Å². The van der Waals surface area contributed by atoms with Gasteiger partial charge in [0.25, 0.3) is 0 Å². The third kappa shape index (κ3) is 5.53. The van der Waals surface area contributed by atoms with Gasteiger partial charge in [-0.3, -0.25) is 9.69 Å². The highest BCUT2D eigenvalue weighted by Crippen LogP contribution is 2.25. The second kappa shape index (κ2) is 10.6. The number of hydrogen-bond acceptors (Lipinski definition) is 5. The largest absolute Gasteiger partial charge is 0.494 e. The summed E-state index contributed by atoms with van der Waals surface area (Å²) in [6.45, 7) is 8.26. The van der Waals surface area contributed by atoms with Crippen molar-refractivity contribution in [1.29, 1.82) is 0 Å². The molecule has 7 nitrogen and oxygen atoms in total. The third-order valence-electron chi connectivity index (χ3n) is 6.24. The van der Waals surface area contributed by atoms with Crippen molar-refractivity contribution in [1.82, 2.24) is 14.5 Å². The number of piperidine rings is 1. The topological polar surface area (TPSA) is 79.0 Å². The van der Waals surface area contributed by atoms with Gasteiger partial charge in [-0.15, -0.1) is 0 Å². The molecule has 0 saturated carbocycles. The van der Waals surface area contributed by atoms with Gasteiger partial charge in [0.2, 0.25) is 15.9 Å². The normalized spacial score (nSPS) is 20.2. The molecule has 1 unspecified atom stereocenters. The summed E-state index contributed by atoms with van der Waals surface area (Å²) in [5, 5.41) is 3.12. The van der Waals surface area contributed by atoms with Crippen LogP contribution < -0.4 is 10.1 Å².